The van der Waals surface area contributed by atoms with Crippen molar-refractivity contribution in [3.05, 3.63) is 12.2 Å². The molecule has 4 N–H and O–H groups in total. The van der Waals surface area contributed by atoms with Crippen molar-refractivity contribution in [2.75, 3.05) is 19.8 Å². The molecule has 0 spiro atoms. The monoisotopic (exact) mass is 748 g/mol. The molecule has 51 heavy (non-hydrogen) atoms. The van der Waals surface area contributed by atoms with Crippen LogP contribution in [0.4, 0.5) is 0 Å². The van der Waals surface area contributed by atoms with E-state index in [9.17, 15) is 23.8 Å². The van der Waals surface area contributed by atoms with Gasteiger partial charge in [-0.3, -0.25) is 23.4 Å². The number of ether oxygens (including phenoxy) is 2. The van der Waals surface area contributed by atoms with Gasteiger partial charge < -0.3 is 25.2 Å². The molecule has 0 fully saturated rings. The van der Waals surface area contributed by atoms with Crippen LogP contribution in [0.5, 0.6) is 0 Å². The van der Waals surface area contributed by atoms with Gasteiger partial charge in [-0.15, -0.1) is 0 Å². The molecule has 0 saturated carbocycles. The molecule has 0 saturated heterocycles. The molecule has 0 aromatic carbocycles. The Morgan fingerprint density at radius 1 is 0.588 bits per heavy atom. The summed E-state index contributed by atoms with van der Waals surface area (Å²) in [7, 11) is -4.71. The number of aliphatic carboxylic acids is 1. The van der Waals surface area contributed by atoms with E-state index in [1.54, 1.807) is 0 Å². The van der Waals surface area contributed by atoms with E-state index in [-0.39, 0.29) is 19.4 Å². The normalized spacial score (nSPS) is 14.0. The highest BCUT2D eigenvalue weighted by Gasteiger charge is 2.28. The molecule has 0 aromatic heterocycles. The van der Waals surface area contributed by atoms with Crippen molar-refractivity contribution in [2.45, 2.75) is 199 Å². The van der Waals surface area contributed by atoms with Crippen LogP contribution in [-0.2, 0) is 37.5 Å². The Morgan fingerprint density at radius 3 is 1.49 bits per heavy atom. The lowest BCUT2D eigenvalue weighted by Gasteiger charge is -2.20. The van der Waals surface area contributed by atoms with Crippen LogP contribution in [0.3, 0.4) is 0 Å². The zero-order chi connectivity index (χ0) is 37.8. The van der Waals surface area contributed by atoms with Gasteiger partial charge in [0, 0.05) is 12.8 Å². The Bertz CT molecular complexity index is 932. The van der Waals surface area contributed by atoms with Crippen molar-refractivity contribution in [1.29, 1.82) is 0 Å². The van der Waals surface area contributed by atoms with E-state index in [1.807, 2.05) is 0 Å². The standard InChI is InChI=1S/C39H74NO10P/c1-3-5-7-9-11-13-15-16-17-18-19-21-23-25-27-29-31-38(42)50-35(33-48-51(45,46)49-34-36(40)39(43)44)32-47-37(41)30-28-26-24-22-20-14-12-10-8-6-4-2/h10,12,35-36H,3-9,11,13-34,40H2,1-2H3,(H,43,44)(H,45,46)/b12-10-/t35-,36+/m1/s1. The van der Waals surface area contributed by atoms with Crippen molar-refractivity contribution >= 4 is 25.7 Å². The van der Waals surface area contributed by atoms with E-state index in [0.717, 1.165) is 57.8 Å². The average Bonchev–Trinajstić information content (AvgIpc) is 3.10. The molecule has 0 aliphatic rings. The van der Waals surface area contributed by atoms with Gasteiger partial charge in [-0.1, -0.05) is 154 Å². The van der Waals surface area contributed by atoms with Crippen LogP contribution in [0.15, 0.2) is 12.2 Å². The number of phosphoric ester groups is 1. The van der Waals surface area contributed by atoms with Crippen LogP contribution < -0.4 is 5.73 Å². The molecule has 0 amide bonds. The Hall–Kier alpha value is -1.78. The second-order valence-electron chi connectivity index (χ2n) is 13.8. The van der Waals surface area contributed by atoms with E-state index in [4.69, 9.17) is 24.8 Å². The number of carbonyl (C=O) groups is 3. The number of hydrogen-bond acceptors (Lipinski definition) is 9. The number of unbranched alkanes of at least 4 members (excludes halogenated alkanes) is 22. The maximum Gasteiger partial charge on any atom is 0.472 e. The van der Waals surface area contributed by atoms with E-state index < -0.39 is 51.1 Å². The fraction of sp³-hybridized carbons (Fsp3) is 0.872. The smallest absolute Gasteiger partial charge is 0.472 e. The highest BCUT2D eigenvalue weighted by atomic mass is 31.2. The number of nitrogens with two attached hydrogens (primary N) is 1. The van der Waals surface area contributed by atoms with E-state index >= 15 is 0 Å². The van der Waals surface area contributed by atoms with Gasteiger partial charge >= 0.3 is 25.7 Å². The molecule has 0 radical (unpaired) electrons. The van der Waals surface area contributed by atoms with Crippen molar-refractivity contribution in [2.24, 2.45) is 5.73 Å². The average molecular weight is 748 g/mol. The maximum atomic E-state index is 12.6. The molecule has 3 atom stereocenters. The summed E-state index contributed by atoms with van der Waals surface area (Å²) in [5, 5.41) is 8.86. The molecule has 0 rings (SSSR count). The van der Waals surface area contributed by atoms with Gasteiger partial charge in [0.1, 0.15) is 12.6 Å². The predicted octanol–water partition coefficient (Wildman–Crippen LogP) is 10.1. The van der Waals surface area contributed by atoms with Crippen molar-refractivity contribution in [1.82, 2.24) is 0 Å². The Morgan fingerprint density at radius 2 is 1.00 bits per heavy atom. The number of carboxylic acids is 1. The second-order valence-corrected chi connectivity index (χ2v) is 15.2. The third-order valence-electron chi connectivity index (χ3n) is 8.76. The lowest BCUT2D eigenvalue weighted by atomic mass is 10.0. The highest BCUT2D eigenvalue weighted by Crippen LogP contribution is 2.43. The summed E-state index contributed by atoms with van der Waals surface area (Å²) in [5.74, 6) is -2.38. The van der Waals surface area contributed by atoms with Crippen LogP contribution in [0.25, 0.3) is 0 Å². The predicted molar refractivity (Wildman–Crippen MR) is 203 cm³/mol. The first-order chi connectivity index (χ1) is 24.6. The van der Waals surface area contributed by atoms with Gasteiger partial charge in [-0.25, -0.2) is 4.57 Å². The molecule has 0 aromatic rings. The summed E-state index contributed by atoms with van der Waals surface area (Å²) >= 11 is 0. The molecule has 0 aliphatic heterocycles. The topological polar surface area (TPSA) is 172 Å². The molecule has 1 unspecified atom stereocenters. The lowest BCUT2D eigenvalue weighted by molar-refractivity contribution is -0.161. The maximum absolute atomic E-state index is 12.6. The molecular weight excluding hydrogens is 673 g/mol. The van der Waals surface area contributed by atoms with E-state index in [1.165, 1.54) is 89.9 Å². The minimum atomic E-state index is -4.71. The Kier molecular flexibility index (Phi) is 34.0. The SMILES string of the molecule is CCCC/C=C\CCCCCCCC(=O)OC[C@H](COP(=O)(O)OC[C@H](N)C(=O)O)OC(=O)CCCCCCCCCCCCCCCCCC. The van der Waals surface area contributed by atoms with Gasteiger partial charge in [0.25, 0.3) is 0 Å². The van der Waals surface area contributed by atoms with Crippen LogP contribution in [-0.4, -0.2) is 59.9 Å². The zero-order valence-corrected chi connectivity index (χ0v) is 33.1. The first kappa shape index (κ1) is 49.2. The number of phosphoric acid groups is 1. The van der Waals surface area contributed by atoms with Crippen LogP contribution >= 0.6 is 7.82 Å². The molecule has 0 heterocycles. The minimum absolute atomic E-state index is 0.165. The van der Waals surface area contributed by atoms with E-state index in [2.05, 4.69) is 30.5 Å². The fourth-order valence-corrected chi connectivity index (χ4v) is 6.29. The number of carboxylic acid groups (broad SMARTS) is 1. The number of allylic oxidation sites excluding steroid dienone is 2. The zero-order valence-electron chi connectivity index (χ0n) is 32.2. The largest absolute Gasteiger partial charge is 0.480 e. The van der Waals surface area contributed by atoms with Crippen LogP contribution in [0.2, 0.25) is 0 Å². The first-order valence-electron chi connectivity index (χ1n) is 20.2. The summed E-state index contributed by atoms with van der Waals surface area (Å²) in [6, 6.07) is -1.52. The van der Waals surface area contributed by atoms with Crippen molar-refractivity contribution < 1.29 is 47.5 Å². The van der Waals surface area contributed by atoms with Crippen molar-refractivity contribution in [3.8, 4) is 0 Å². The lowest BCUT2D eigenvalue weighted by Crippen LogP contribution is -2.34. The quantitative estimate of drug-likeness (QED) is 0.0237. The third-order valence-corrected chi connectivity index (χ3v) is 9.71. The Labute approximate surface area is 309 Å². The molecule has 0 aliphatic carbocycles. The summed E-state index contributed by atoms with van der Waals surface area (Å²) < 4.78 is 32.6. The van der Waals surface area contributed by atoms with Crippen LogP contribution in [0.1, 0.15) is 187 Å². The molecule has 11 nitrogen and oxygen atoms in total. The number of esters is 2. The van der Waals surface area contributed by atoms with Gasteiger partial charge in [0.2, 0.25) is 0 Å². The Balaban J connectivity index is 4.37. The van der Waals surface area contributed by atoms with Gasteiger partial charge in [0.15, 0.2) is 6.10 Å². The van der Waals surface area contributed by atoms with Crippen LogP contribution in [0, 0.1) is 0 Å². The fourth-order valence-electron chi connectivity index (χ4n) is 5.52. The van der Waals surface area contributed by atoms with Gasteiger partial charge in [-0.05, 0) is 32.1 Å². The minimum Gasteiger partial charge on any atom is -0.480 e. The van der Waals surface area contributed by atoms with Gasteiger partial charge in [-0.2, -0.15) is 0 Å². The van der Waals surface area contributed by atoms with Crippen molar-refractivity contribution in [3.63, 3.8) is 0 Å². The number of rotatable bonds is 38. The third kappa shape index (κ3) is 35.0. The highest BCUT2D eigenvalue weighted by molar-refractivity contribution is 7.47. The summed E-state index contributed by atoms with van der Waals surface area (Å²) in [4.78, 5) is 45.8. The number of hydrogen-bond donors (Lipinski definition) is 3. The van der Waals surface area contributed by atoms with E-state index in [0.29, 0.717) is 12.8 Å². The molecule has 0 bridgehead atoms. The molecular formula is C39H74NO10P. The van der Waals surface area contributed by atoms with Gasteiger partial charge in [0.05, 0.1) is 13.2 Å². The molecule has 12 heteroatoms. The molecule has 300 valence electrons. The summed E-state index contributed by atoms with van der Waals surface area (Å²) in [5.41, 5.74) is 5.32. The second kappa shape index (κ2) is 35.3. The first-order valence-corrected chi connectivity index (χ1v) is 21.7. The number of carbonyl (C=O) groups excluding carboxylic acids is 2. The summed E-state index contributed by atoms with van der Waals surface area (Å²) in [6.07, 6.45) is 32.8. The summed E-state index contributed by atoms with van der Waals surface area (Å²) in [6.45, 7) is 2.76.